The maximum Gasteiger partial charge on any atom is 0.253 e. The number of benzene rings is 2. The average molecular weight is 424 g/mol. The lowest BCUT2D eigenvalue weighted by molar-refractivity contribution is 0.0773. The minimum Gasteiger partial charge on any atom is -0.508 e. The van der Waals surface area contributed by atoms with Gasteiger partial charge < -0.3 is 19.8 Å². The van der Waals surface area contributed by atoms with Crippen LogP contribution in [0.5, 0.6) is 5.75 Å². The van der Waals surface area contributed by atoms with Crippen LogP contribution in [-0.2, 0) is 6.54 Å². The number of aromatic hydroxyl groups is 1. The zero-order chi connectivity index (χ0) is 22.2. The molecule has 1 aliphatic rings. The van der Waals surface area contributed by atoms with Gasteiger partial charge in [0.05, 0.1) is 0 Å². The summed E-state index contributed by atoms with van der Waals surface area (Å²) in [5.74, 6) is 0.418. The molecule has 1 heterocycles. The Bertz CT molecular complexity index is 825. The number of anilines is 1. The highest BCUT2D eigenvalue weighted by Crippen LogP contribution is 2.29. The third-order valence-electron chi connectivity index (χ3n) is 6.37. The third kappa shape index (κ3) is 5.79. The van der Waals surface area contributed by atoms with E-state index in [1.807, 2.05) is 49.1 Å². The molecule has 5 heteroatoms. The van der Waals surface area contributed by atoms with Crippen LogP contribution >= 0.6 is 0 Å². The number of hydrogen-bond acceptors (Lipinski definition) is 4. The predicted molar refractivity (Wildman–Crippen MR) is 128 cm³/mol. The van der Waals surface area contributed by atoms with Crippen molar-refractivity contribution >= 4 is 11.6 Å². The molecule has 0 saturated carbocycles. The Balaban J connectivity index is 1.82. The van der Waals surface area contributed by atoms with Gasteiger partial charge in [0, 0.05) is 55.6 Å². The van der Waals surface area contributed by atoms with Gasteiger partial charge in [0.25, 0.3) is 5.91 Å². The molecule has 1 saturated heterocycles. The van der Waals surface area contributed by atoms with Gasteiger partial charge in [-0.2, -0.15) is 0 Å². The molecule has 0 spiro atoms. The van der Waals surface area contributed by atoms with Gasteiger partial charge in [-0.15, -0.1) is 0 Å². The highest BCUT2D eigenvalue weighted by Gasteiger charge is 2.25. The van der Waals surface area contributed by atoms with Crippen molar-refractivity contribution in [2.24, 2.45) is 0 Å². The molecule has 0 radical (unpaired) electrons. The summed E-state index contributed by atoms with van der Waals surface area (Å²) in [5, 5.41) is 10.4. The number of phenols is 1. The van der Waals surface area contributed by atoms with E-state index < -0.39 is 0 Å². The summed E-state index contributed by atoms with van der Waals surface area (Å²) in [6.45, 7) is 11.7. The molecular weight excluding hydrogens is 386 g/mol. The number of carbonyl (C=O) groups is 1. The third-order valence-corrected chi connectivity index (χ3v) is 6.37. The number of piperidine rings is 1. The van der Waals surface area contributed by atoms with Crippen LogP contribution in [0.15, 0.2) is 48.5 Å². The zero-order valence-electron chi connectivity index (χ0n) is 19.3. The van der Waals surface area contributed by atoms with Gasteiger partial charge >= 0.3 is 0 Å². The highest BCUT2D eigenvalue weighted by molar-refractivity contribution is 5.94. The second-order valence-corrected chi connectivity index (χ2v) is 8.35. The van der Waals surface area contributed by atoms with Gasteiger partial charge in [0.15, 0.2) is 0 Å². The summed E-state index contributed by atoms with van der Waals surface area (Å²) in [7, 11) is 0. The summed E-state index contributed by atoms with van der Waals surface area (Å²) < 4.78 is 0. The fourth-order valence-corrected chi connectivity index (χ4v) is 4.52. The van der Waals surface area contributed by atoms with E-state index in [1.165, 1.54) is 6.42 Å². The smallest absolute Gasteiger partial charge is 0.253 e. The topological polar surface area (TPSA) is 47.0 Å². The molecule has 31 heavy (non-hydrogen) atoms. The molecule has 0 unspecified atom stereocenters. The van der Waals surface area contributed by atoms with E-state index in [0.717, 1.165) is 49.3 Å². The highest BCUT2D eigenvalue weighted by atomic mass is 16.3. The number of rotatable bonds is 9. The van der Waals surface area contributed by atoms with Crippen LogP contribution in [0.25, 0.3) is 0 Å². The van der Waals surface area contributed by atoms with Crippen LogP contribution in [0, 0.1) is 0 Å². The number of nitrogens with zero attached hydrogens (tertiary/aromatic N) is 3. The van der Waals surface area contributed by atoms with Gasteiger partial charge in [0.2, 0.25) is 0 Å². The molecule has 2 aromatic rings. The molecule has 1 amide bonds. The number of amides is 1. The molecule has 0 aromatic heterocycles. The minimum atomic E-state index is 0.0803. The van der Waals surface area contributed by atoms with Crippen LogP contribution in [0.2, 0.25) is 0 Å². The van der Waals surface area contributed by atoms with E-state index in [9.17, 15) is 9.90 Å². The summed E-state index contributed by atoms with van der Waals surface area (Å²) in [6.07, 6.45) is 3.40. The lowest BCUT2D eigenvalue weighted by Gasteiger charge is -2.40. The van der Waals surface area contributed by atoms with Gasteiger partial charge in [-0.05, 0) is 70.0 Å². The lowest BCUT2D eigenvalue weighted by Crippen LogP contribution is -2.45. The first kappa shape index (κ1) is 23.1. The van der Waals surface area contributed by atoms with Crippen molar-refractivity contribution < 1.29 is 9.90 Å². The fraction of sp³-hybridized carbons (Fsp3) is 0.500. The quantitative estimate of drug-likeness (QED) is 0.632. The SMILES string of the molecule is CCCN1CCC(N(Cc2ccccc2O)c2ccc(C(=O)N(CC)CC)cc2)CC1. The molecular formula is C26H37N3O2. The second-order valence-electron chi connectivity index (χ2n) is 8.35. The van der Waals surface area contributed by atoms with Crippen molar-refractivity contribution in [2.75, 3.05) is 37.6 Å². The number of phenolic OH excluding ortho intramolecular Hbond substituents is 1. The summed E-state index contributed by atoms with van der Waals surface area (Å²) in [6, 6.07) is 16.0. The Hall–Kier alpha value is -2.53. The Morgan fingerprint density at radius 1 is 1.00 bits per heavy atom. The lowest BCUT2D eigenvalue weighted by atomic mass is 10.0. The van der Waals surface area contributed by atoms with Gasteiger partial charge in [-0.1, -0.05) is 25.1 Å². The van der Waals surface area contributed by atoms with Crippen molar-refractivity contribution in [3.63, 3.8) is 0 Å². The number of likely N-dealkylation sites (tertiary alicyclic amines) is 1. The summed E-state index contributed by atoms with van der Waals surface area (Å²) in [4.78, 5) is 19.5. The Morgan fingerprint density at radius 2 is 1.65 bits per heavy atom. The largest absolute Gasteiger partial charge is 0.508 e. The summed E-state index contributed by atoms with van der Waals surface area (Å²) in [5.41, 5.74) is 2.77. The zero-order valence-corrected chi connectivity index (χ0v) is 19.3. The van der Waals surface area contributed by atoms with Crippen LogP contribution in [0.3, 0.4) is 0 Å². The molecule has 1 aliphatic heterocycles. The maximum absolute atomic E-state index is 12.7. The van der Waals surface area contributed by atoms with Crippen molar-refractivity contribution in [3.05, 3.63) is 59.7 Å². The van der Waals surface area contributed by atoms with Gasteiger partial charge in [-0.25, -0.2) is 0 Å². The van der Waals surface area contributed by atoms with Crippen LogP contribution in [-0.4, -0.2) is 59.6 Å². The molecule has 0 atom stereocenters. The molecule has 3 rings (SSSR count). The number of hydrogen-bond donors (Lipinski definition) is 1. The van der Waals surface area contributed by atoms with E-state index in [2.05, 4.69) is 28.9 Å². The number of carbonyl (C=O) groups excluding carboxylic acids is 1. The molecule has 0 bridgehead atoms. The average Bonchev–Trinajstić information content (AvgIpc) is 2.80. The van der Waals surface area contributed by atoms with Crippen molar-refractivity contribution in [2.45, 2.75) is 52.6 Å². The Morgan fingerprint density at radius 3 is 2.23 bits per heavy atom. The maximum atomic E-state index is 12.7. The number of para-hydroxylation sites is 1. The monoisotopic (exact) mass is 423 g/mol. The van der Waals surface area contributed by atoms with E-state index in [0.29, 0.717) is 31.4 Å². The normalized spacial score (nSPS) is 15.1. The van der Waals surface area contributed by atoms with Gasteiger partial charge in [-0.3, -0.25) is 4.79 Å². The molecule has 1 N–H and O–H groups in total. The Kier molecular flexibility index (Phi) is 8.35. The predicted octanol–water partition coefficient (Wildman–Crippen LogP) is 4.76. The van der Waals surface area contributed by atoms with Crippen molar-refractivity contribution in [1.29, 1.82) is 0 Å². The first-order valence-electron chi connectivity index (χ1n) is 11.7. The summed E-state index contributed by atoms with van der Waals surface area (Å²) >= 11 is 0. The molecule has 5 nitrogen and oxygen atoms in total. The fourth-order valence-electron chi connectivity index (χ4n) is 4.52. The molecule has 0 aliphatic carbocycles. The molecule has 2 aromatic carbocycles. The molecule has 1 fully saturated rings. The van der Waals surface area contributed by atoms with E-state index in [-0.39, 0.29) is 5.91 Å². The van der Waals surface area contributed by atoms with E-state index in [4.69, 9.17) is 0 Å². The second kappa shape index (κ2) is 11.2. The van der Waals surface area contributed by atoms with Gasteiger partial charge in [0.1, 0.15) is 5.75 Å². The van der Waals surface area contributed by atoms with Crippen LogP contribution in [0.1, 0.15) is 56.0 Å². The minimum absolute atomic E-state index is 0.0803. The first-order valence-corrected chi connectivity index (χ1v) is 11.7. The van der Waals surface area contributed by atoms with E-state index >= 15 is 0 Å². The van der Waals surface area contributed by atoms with Crippen LogP contribution < -0.4 is 4.90 Å². The first-order chi connectivity index (χ1) is 15.1. The van der Waals surface area contributed by atoms with Crippen molar-refractivity contribution in [1.82, 2.24) is 9.80 Å². The van der Waals surface area contributed by atoms with Crippen LogP contribution in [0.4, 0.5) is 5.69 Å². The molecule has 168 valence electrons. The Labute approximate surface area is 187 Å². The van der Waals surface area contributed by atoms with Crippen molar-refractivity contribution in [3.8, 4) is 5.75 Å². The standard InChI is InChI=1S/C26H37N3O2/c1-4-17-27-18-15-24(16-19-27)29(20-22-9-7-8-10-25(22)30)23-13-11-21(12-14-23)26(31)28(5-2)6-3/h7-14,24,30H,4-6,15-20H2,1-3H3. The van der Waals surface area contributed by atoms with E-state index in [1.54, 1.807) is 6.07 Å².